The Labute approximate surface area is 92.5 Å². The number of nitrogens with zero attached hydrogens (tertiary/aromatic N) is 1. The van der Waals surface area contributed by atoms with Gasteiger partial charge in [0.1, 0.15) is 0 Å². The van der Waals surface area contributed by atoms with Crippen LogP contribution in [-0.2, 0) is 4.79 Å². The van der Waals surface area contributed by atoms with Gasteiger partial charge in [0, 0.05) is 19.6 Å². The average molecular weight is 210 g/mol. The van der Waals surface area contributed by atoms with Crippen LogP contribution in [0.5, 0.6) is 0 Å². The van der Waals surface area contributed by atoms with Crippen LogP contribution in [0.2, 0.25) is 0 Å². The van der Waals surface area contributed by atoms with Gasteiger partial charge in [0.25, 0.3) is 0 Å². The van der Waals surface area contributed by atoms with Gasteiger partial charge in [0.2, 0.25) is 5.91 Å². The van der Waals surface area contributed by atoms with E-state index in [1.807, 2.05) is 11.8 Å². The largest absolute Gasteiger partial charge is 0.339 e. The molecule has 0 radical (unpaired) electrons. The van der Waals surface area contributed by atoms with Crippen molar-refractivity contribution in [2.75, 3.05) is 26.2 Å². The third-order valence-corrected chi connectivity index (χ3v) is 3.13. The maximum absolute atomic E-state index is 12.3. The molecular weight excluding hydrogens is 188 g/mol. The van der Waals surface area contributed by atoms with Crippen LogP contribution < -0.4 is 5.32 Å². The lowest BCUT2D eigenvalue weighted by Crippen LogP contribution is -2.50. The number of hydrogen-bond donors (Lipinski definition) is 1. The first-order valence-electron chi connectivity index (χ1n) is 5.75. The lowest BCUT2D eigenvalue weighted by molar-refractivity contribution is -0.141. The minimum absolute atomic E-state index is 0.211. The monoisotopic (exact) mass is 210 g/mol. The number of likely N-dealkylation sites (N-methyl/N-ethyl adjacent to an activating group) is 1. The first kappa shape index (κ1) is 12.2. The fraction of sp³-hybridized carbons (Fsp3) is 0.750. The summed E-state index contributed by atoms with van der Waals surface area (Å²) in [4.78, 5) is 14.2. The number of piperidine rings is 1. The van der Waals surface area contributed by atoms with E-state index in [1.165, 1.54) is 0 Å². The second-order valence-electron chi connectivity index (χ2n) is 4.47. The van der Waals surface area contributed by atoms with Crippen LogP contribution in [-0.4, -0.2) is 37.0 Å². The number of hydrogen-bond acceptors (Lipinski definition) is 2. The molecular formula is C12H22N2O. The molecule has 1 N–H and O–H groups in total. The predicted molar refractivity (Wildman–Crippen MR) is 62.7 cm³/mol. The lowest BCUT2D eigenvalue weighted by Gasteiger charge is -2.36. The molecule has 0 saturated carbocycles. The molecule has 86 valence electrons. The van der Waals surface area contributed by atoms with Crippen molar-refractivity contribution in [3.05, 3.63) is 12.7 Å². The van der Waals surface area contributed by atoms with Crippen LogP contribution in [0.15, 0.2) is 12.7 Å². The number of rotatable bonds is 4. The summed E-state index contributed by atoms with van der Waals surface area (Å²) >= 11 is 0. The van der Waals surface area contributed by atoms with Gasteiger partial charge in [-0.15, -0.1) is 6.58 Å². The van der Waals surface area contributed by atoms with E-state index in [1.54, 1.807) is 6.08 Å². The van der Waals surface area contributed by atoms with E-state index in [9.17, 15) is 4.79 Å². The van der Waals surface area contributed by atoms with E-state index >= 15 is 0 Å². The highest BCUT2D eigenvalue weighted by Crippen LogP contribution is 2.27. The highest BCUT2D eigenvalue weighted by molar-refractivity contribution is 5.82. The number of amides is 1. The summed E-state index contributed by atoms with van der Waals surface area (Å²) in [6.45, 7) is 11.0. The zero-order valence-corrected chi connectivity index (χ0v) is 9.88. The smallest absolute Gasteiger partial charge is 0.230 e. The van der Waals surface area contributed by atoms with Crippen molar-refractivity contribution in [2.24, 2.45) is 5.41 Å². The fourth-order valence-corrected chi connectivity index (χ4v) is 2.13. The van der Waals surface area contributed by atoms with E-state index < -0.39 is 0 Å². The molecule has 1 aliphatic rings. The number of nitrogens with one attached hydrogen (secondary N) is 1. The van der Waals surface area contributed by atoms with Gasteiger partial charge in [-0.05, 0) is 33.2 Å². The third kappa shape index (κ3) is 2.81. The molecule has 1 saturated heterocycles. The molecule has 0 aliphatic carbocycles. The second-order valence-corrected chi connectivity index (χ2v) is 4.47. The van der Waals surface area contributed by atoms with Gasteiger partial charge < -0.3 is 10.2 Å². The molecule has 1 rings (SSSR count). The summed E-state index contributed by atoms with van der Waals surface area (Å²) in [6, 6.07) is 0. The van der Waals surface area contributed by atoms with Crippen molar-refractivity contribution in [3.63, 3.8) is 0 Å². The summed E-state index contributed by atoms with van der Waals surface area (Å²) in [6.07, 6.45) is 3.88. The predicted octanol–water partition coefficient (Wildman–Crippen LogP) is 1.41. The van der Waals surface area contributed by atoms with Crippen LogP contribution in [0.3, 0.4) is 0 Å². The highest BCUT2D eigenvalue weighted by Gasteiger charge is 2.36. The SMILES string of the molecule is C=CCN(CC)C(=O)C1(C)CCCNC1. The topological polar surface area (TPSA) is 32.3 Å². The molecule has 0 aromatic rings. The summed E-state index contributed by atoms with van der Waals surface area (Å²) in [7, 11) is 0. The van der Waals surface area contributed by atoms with Crippen LogP contribution in [0.25, 0.3) is 0 Å². The van der Waals surface area contributed by atoms with Crippen molar-refractivity contribution in [3.8, 4) is 0 Å². The van der Waals surface area contributed by atoms with Crippen molar-refractivity contribution < 1.29 is 4.79 Å². The van der Waals surface area contributed by atoms with Gasteiger partial charge >= 0.3 is 0 Å². The average Bonchev–Trinajstić information content (AvgIpc) is 2.26. The summed E-state index contributed by atoms with van der Waals surface area (Å²) in [5, 5.41) is 3.30. The van der Waals surface area contributed by atoms with Gasteiger partial charge in [0.05, 0.1) is 5.41 Å². The van der Waals surface area contributed by atoms with E-state index in [-0.39, 0.29) is 11.3 Å². The Morgan fingerprint density at radius 2 is 2.40 bits per heavy atom. The van der Waals surface area contributed by atoms with Crippen LogP contribution >= 0.6 is 0 Å². The first-order chi connectivity index (χ1) is 7.14. The van der Waals surface area contributed by atoms with Gasteiger partial charge in [-0.25, -0.2) is 0 Å². The zero-order chi connectivity index (χ0) is 11.3. The molecule has 1 amide bonds. The normalized spacial score (nSPS) is 26.0. The Balaban J connectivity index is 2.66. The summed E-state index contributed by atoms with van der Waals surface area (Å²) in [5.41, 5.74) is -0.211. The number of carbonyl (C=O) groups is 1. The summed E-state index contributed by atoms with van der Waals surface area (Å²) < 4.78 is 0. The quantitative estimate of drug-likeness (QED) is 0.712. The standard InChI is InChI=1S/C12H22N2O/c1-4-9-14(5-2)11(15)12(3)7-6-8-13-10-12/h4,13H,1,5-10H2,2-3H3. The maximum Gasteiger partial charge on any atom is 0.230 e. The lowest BCUT2D eigenvalue weighted by atomic mass is 9.81. The van der Waals surface area contributed by atoms with Crippen LogP contribution in [0.4, 0.5) is 0 Å². The van der Waals surface area contributed by atoms with E-state index in [0.717, 1.165) is 32.5 Å². The molecule has 1 atom stereocenters. The molecule has 15 heavy (non-hydrogen) atoms. The maximum atomic E-state index is 12.3. The van der Waals surface area contributed by atoms with Gasteiger partial charge in [0.15, 0.2) is 0 Å². The Bertz CT molecular complexity index is 232. The Morgan fingerprint density at radius 1 is 1.67 bits per heavy atom. The third-order valence-electron chi connectivity index (χ3n) is 3.13. The molecule has 0 aromatic heterocycles. The first-order valence-corrected chi connectivity index (χ1v) is 5.75. The molecule has 1 fully saturated rings. The van der Waals surface area contributed by atoms with Gasteiger partial charge in [-0.3, -0.25) is 4.79 Å². The van der Waals surface area contributed by atoms with Gasteiger partial charge in [-0.2, -0.15) is 0 Å². The van der Waals surface area contributed by atoms with Crippen LogP contribution in [0, 0.1) is 5.41 Å². The Kier molecular flexibility index (Phi) is 4.33. The molecule has 1 aliphatic heterocycles. The van der Waals surface area contributed by atoms with E-state index in [4.69, 9.17) is 0 Å². The molecule has 0 bridgehead atoms. The molecule has 3 heteroatoms. The second kappa shape index (κ2) is 5.31. The fourth-order valence-electron chi connectivity index (χ4n) is 2.13. The molecule has 0 aromatic carbocycles. The van der Waals surface area contributed by atoms with Crippen LogP contribution in [0.1, 0.15) is 26.7 Å². The number of carbonyl (C=O) groups excluding carboxylic acids is 1. The molecule has 1 heterocycles. The zero-order valence-electron chi connectivity index (χ0n) is 9.88. The molecule has 0 spiro atoms. The summed E-state index contributed by atoms with van der Waals surface area (Å²) in [5.74, 6) is 0.261. The Morgan fingerprint density at radius 3 is 2.87 bits per heavy atom. The minimum Gasteiger partial charge on any atom is -0.339 e. The van der Waals surface area contributed by atoms with Gasteiger partial charge in [-0.1, -0.05) is 6.08 Å². The van der Waals surface area contributed by atoms with Crippen molar-refractivity contribution in [1.29, 1.82) is 0 Å². The van der Waals surface area contributed by atoms with Crippen molar-refractivity contribution in [2.45, 2.75) is 26.7 Å². The minimum atomic E-state index is -0.211. The molecule has 3 nitrogen and oxygen atoms in total. The molecule has 1 unspecified atom stereocenters. The highest BCUT2D eigenvalue weighted by atomic mass is 16.2. The van der Waals surface area contributed by atoms with Crippen molar-refractivity contribution >= 4 is 5.91 Å². The van der Waals surface area contributed by atoms with E-state index in [0.29, 0.717) is 6.54 Å². The van der Waals surface area contributed by atoms with Crippen molar-refractivity contribution in [1.82, 2.24) is 10.2 Å². The van der Waals surface area contributed by atoms with E-state index in [2.05, 4.69) is 18.8 Å². The Hall–Kier alpha value is -0.830.